The van der Waals surface area contributed by atoms with Gasteiger partial charge >= 0.3 is 0 Å². The van der Waals surface area contributed by atoms with E-state index in [-0.39, 0.29) is 28.3 Å². The van der Waals surface area contributed by atoms with Gasteiger partial charge in [-0.2, -0.15) is 9.84 Å². The highest BCUT2D eigenvalue weighted by Crippen LogP contribution is 2.30. The van der Waals surface area contributed by atoms with Crippen molar-refractivity contribution < 1.29 is 18.5 Å². The predicted octanol–water partition coefficient (Wildman–Crippen LogP) is 4.47. The molecule has 0 radical (unpaired) electrons. The molecule has 0 saturated carbocycles. The Labute approximate surface area is 255 Å². The van der Waals surface area contributed by atoms with Gasteiger partial charge in [0.05, 0.1) is 39.2 Å². The van der Waals surface area contributed by atoms with Gasteiger partial charge in [0.2, 0.25) is 0 Å². The first kappa shape index (κ1) is 29.2. The summed E-state index contributed by atoms with van der Waals surface area (Å²) in [6.07, 6.45) is 3.23. The maximum absolute atomic E-state index is 15.5. The number of hydrogen-bond donors (Lipinski definition) is 2. The molecular formula is C31H28FN9O4. The Kier molecular flexibility index (Phi) is 7.32. The third-order valence-corrected chi connectivity index (χ3v) is 7.28. The molecule has 228 valence electrons. The Morgan fingerprint density at radius 1 is 1.02 bits per heavy atom. The number of anilines is 2. The van der Waals surface area contributed by atoms with Crippen LogP contribution in [-0.4, -0.2) is 45.9 Å². The Hall–Kier alpha value is -5.92. The summed E-state index contributed by atoms with van der Waals surface area (Å²) in [6.45, 7) is 5.71. The quantitative estimate of drug-likeness (QED) is 0.269. The third-order valence-electron chi connectivity index (χ3n) is 7.28. The van der Waals surface area contributed by atoms with Crippen molar-refractivity contribution in [3.8, 4) is 22.5 Å². The van der Waals surface area contributed by atoms with Gasteiger partial charge in [0.25, 0.3) is 17.4 Å². The molecule has 0 atom stereocenters. The first-order valence-electron chi connectivity index (χ1n) is 14.0. The molecule has 6 rings (SSSR count). The molecule has 0 bridgehead atoms. The van der Waals surface area contributed by atoms with Gasteiger partial charge in [-0.3, -0.25) is 24.0 Å². The molecule has 0 unspecified atom stereocenters. The summed E-state index contributed by atoms with van der Waals surface area (Å²) in [4.78, 5) is 52.5. The molecule has 45 heavy (non-hydrogen) atoms. The van der Waals surface area contributed by atoms with Crippen LogP contribution in [0.3, 0.4) is 0 Å². The summed E-state index contributed by atoms with van der Waals surface area (Å²) in [5.41, 5.74) is 2.54. The van der Waals surface area contributed by atoms with Crippen LogP contribution in [0, 0.1) is 19.7 Å². The van der Waals surface area contributed by atoms with Crippen molar-refractivity contribution in [3.05, 3.63) is 93.9 Å². The Bertz CT molecular complexity index is 2170. The predicted molar refractivity (Wildman–Crippen MR) is 164 cm³/mol. The normalized spacial score (nSPS) is 11.2. The number of benzene rings is 1. The number of pyridine rings is 1. The van der Waals surface area contributed by atoms with Crippen molar-refractivity contribution in [1.29, 1.82) is 0 Å². The number of rotatable bonds is 7. The van der Waals surface area contributed by atoms with Gasteiger partial charge in [-0.25, -0.2) is 14.4 Å². The molecule has 5 heterocycles. The third kappa shape index (κ3) is 5.26. The van der Waals surface area contributed by atoms with Crippen molar-refractivity contribution in [2.75, 3.05) is 10.6 Å². The van der Waals surface area contributed by atoms with Crippen LogP contribution >= 0.6 is 0 Å². The summed E-state index contributed by atoms with van der Waals surface area (Å²) in [5, 5.41) is 9.19. The first-order chi connectivity index (χ1) is 21.5. The van der Waals surface area contributed by atoms with Gasteiger partial charge in [0.15, 0.2) is 17.3 Å². The van der Waals surface area contributed by atoms with E-state index in [9.17, 15) is 14.4 Å². The van der Waals surface area contributed by atoms with Crippen LogP contribution in [0.15, 0.2) is 64.2 Å². The molecule has 0 aliphatic carbocycles. The van der Waals surface area contributed by atoms with E-state index in [4.69, 9.17) is 4.52 Å². The van der Waals surface area contributed by atoms with Gasteiger partial charge in [0.1, 0.15) is 11.6 Å². The molecule has 14 heteroatoms. The van der Waals surface area contributed by atoms with Crippen LogP contribution in [0.1, 0.15) is 39.4 Å². The van der Waals surface area contributed by atoms with Gasteiger partial charge in [0, 0.05) is 44.7 Å². The fourth-order valence-electron chi connectivity index (χ4n) is 5.25. The lowest BCUT2D eigenvalue weighted by Crippen LogP contribution is -2.19. The lowest BCUT2D eigenvalue weighted by Gasteiger charge is -2.12. The maximum atomic E-state index is 15.5. The molecule has 0 aliphatic rings. The van der Waals surface area contributed by atoms with Gasteiger partial charge in [-0.1, -0.05) is 12.1 Å². The molecule has 13 nitrogen and oxygen atoms in total. The summed E-state index contributed by atoms with van der Waals surface area (Å²) in [6, 6.07) is 11.1. The number of aromatic nitrogens is 7. The maximum Gasteiger partial charge on any atom is 0.290 e. The lowest BCUT2D eigenvalue weighted by atomic mass is 10.1. The second-order valence-electron chi connectivity index (χ2n) is 10.3. The van der Waals surface area contributed by atoms with Crippen LogP contribution in [0.25, 0.3) is 33.5 Å². The monoisotopic (exact) mass is 609 g/mol. The van der Waals surface area contributed by atoms with E-state index in [0.29, 0.717) is 51.7 Å². The van der Waals surface area contributed by atoms with Crippen LogP contribution in [0.5, 0.6) is 0 Å². The first-order valence-corrected chi connectivity index (χ1v) is 14.0. The van der Waals surface area contributed by atoms with Crippen molar-refractivity contribution >= 4 is 34.4 Å². The molecule has 0 aliphatic heterocycles. The van der Waals surface area contributed by atoms with Crippen LogP contribution in [0.4, 0.5) is 15.9 Å². The number of amides is 2. The van der Waals surface area contributed by atoms with Crippen LogP contribution < -0.4 is 16.2 Å². The minimum atomic E-state index is -0.903. The average Bonchev–Trinajstić information content (AvgIpc) is 3.67. The molecule has 6 aromatic rings. The number of halogens is 1. The summed E-state index contributed by atoms with van der Waals surface area (Å²) in [7, 11) is 3.24. The highest BCUT2D eigenvalue weighted by molar-refractivity contribution is 6.11. The van der Waals surface area contributed by atoms with Gasteiger partial charge in [-0.15, -0.1) is 0 Å². The van der Waals surface area contributed by atoms with E-state index < -0.39 is 17.6 Å². The number of carbonyl (C=O) groups excluding carboxylic acids is 2. The second-order valence-corrected chi connectivity index (χ2v) is 10.3. The Balaban J connectivity index is 1.34. The molecule has 2 amide bonds. The zero-order valence-electron chi connectivity index (χ0n) is 25.0. The molecule has 0 spiro atoms. The van der Waals surface area contributed by atoms with Crippen molar-refractivity contribution in [3.63, 3.8) is 0 Å². The fraction of sp³-hybridized carbons (Fsp3) is 0.194. The van der Waals surface area contributed by atoms with Crippen molar-refractivity contribution in [1.82, 2.24) is 34.0 Å². The molecule has 0 fully saturated rings. The molecule has 0 saturated heterocycles. The highest BCUT2D eigenvalue weighted by atomic mass is 19.1. The fourth-order valence-corrected chi connectivity index (χ4v) is 5.25. The largest absolute Gasteiger partial charge is 0.381 e. The minimum absolute atomic E-state index is 0.0301. The topological polar surface area (TPSA) is 155 Å². The number of hydrogen-bond acceptors (Lipinski definition) is 8. The molecule has 2 N–H and O–H groups in total. The minimum Gasteiger partial charge on any atom is -0.381 e. The summed E-state index contributed by atoms with van der Waals surface area (Å²) >= 11 is 0. The zero-order valence-corrected chi connectivity index (χ0v) is 25.0. The number of nitrogens with zero attached hydrogens (tertiary/aromatic N) is 7. The molecule has 1 aromatic carbocycles. The Morgan fingerprint density at radius 3 is 2.47 bits per heavy atom. The number of fused-ring (bicyclic) bond motifs is 1. The molecule has 5 aromatic heterocycles. The smallest absolute Gasteiger partial charge is 0.290 e. The van der Waals surface area contributed by atoms with E-state index in [1.165, 1.54) is 27.6 Å². The van der Waals surface area contributed by atoms with E-state index in [2.05, 4.69) is 30.7 Å². The SMILES string of the molecule is CCn1c(-c2ccc(-c3c(C)on(C)c3=O)cn2)cc2nc(C)nc(C(=O)Nc3cccc(C(=O)Nc4ccn(C)n4)c3F)c21. The zero-order chi connectivity index (χ0) is 32.0. The van der Waals surface area contributed by atoms with Gasteiger partial charge in [-0.05, 0) is 45.0 Å². The average molecular weight is 610 g/mol. The molecular weight excluding hydrogens is 581 g/mol. The number of carbonyl (C=O) groups is 2. The second kappa shape index (κ2) is 11.3. The van der Waals surface area contributed by atoms with Gasteiger partial charge < -0.3 is 19.7 Å². The standard InChI is InChI=1S/C31H28FN9O4/c1-6-41-23(20-11-10-18(15-33-20)25-16(2)45-40(5)31(25)44)14-22-28(41)27(35-17(3)34-22)30(43)36-21-9-7-8-19(26(21)32)29(42)37-24-12-13-39(4)38-24/h7-15H,6H2,1-5H3,(H,36,43)(H,37,38,42). The van der Waals surface area contributed by atoms with Crippen molar-refractivity contribution in [2.24, 2.45) is 14.1 Å². The van der Waals surface area contributed by atoms with Crippen LogP contribution in [-0.2, 0) is 20.6 Å². The number of aryl methyl sites for hydroxylation is 5. The van der Waals surface area contributed by atoms with E-state index >= 15 is 4.39 Å². The van der Waals surface area contributed by atoms with Crippen LogP contribution in [0.2, 0.25) is 0 Å². The lowest BCUT2D eigenvalue weighted by molar-refractivity contribution is 0.101. The highest BCUT2D eigenvalue weighted by Gasteiger charge is 2.24. The summed E-state index contributed by atoms with van der Waals surface area (Å²) in [5.74, 6) is -1.21. The van der Waals surface area contributed by atoms with E-state index in [1.54, 1.807) is 64.6 Å². The van der Waals surface area contributed by atoms with E-state index in [1.807, 2.05) is 11.5 Å². The van der Waals surface area contributed by atoms with Crippen molar-refractivity contribution in [2.45, 2.75) is 27.3 Å². The Morgan fingerprint density at radius 2 is 1.82 bits per heavy atom. The summed E-state index contributed by atoms with van der Waals surface area (Å²) < 4.78 is 25.4. The van der Waals surface area contributed by atoms with E-state index in [0.717, 1.165) is 0 Å². The number of nitrogens with one attached hydrogen (secondary N) is 2.